The molecule has 0 unspecified atom stereocenters. The maximum absolute atomic E-state index is 2.57. The molecule has 0 aromatic heterocycles. The molecular formula is C9H25Si3. The zero-order valence-corrected chi connectivity index (χ0v) is 13.1. The summed E-state index contributed by atoms with van der Waals surface area (Å²) in [6.45, 7) is 20.3. The largest absolute Gasteiger partial charge is 0.0719 e. The Kier molecular flexibility index (Phi) is 4.01. The molecule has 0 saturated carbocycles. The van der Waals surface area contributed by atoms with E-state index >= 15 is 0 Å². The fourth-order valence-electron chi connectivity index (χ4n) is 2.86. The van der Waals surface area contributed by atoms with Gasteiger partial charge in [-0.05, 0) is 0 Å². The molecule has 0 nitrogen and oxygen atoms in total. The smallest absolute Gasteiger partial charge is 0.0363 e. The number of hydrogen-bond donors (Lipinski definition) is 0. The Hall–Kier alpha value is 0.651. The molecule has 0 rings (SSSR count). The molecule has 0 bridgehead atoms. The van der Waals surface area contributed by atoms with Crippen LogP contribution in [0.25, 0.3) is 0 Å². The molecule has 0 N–H and O–H groups in total. The van der Waals surface area contributed by atoms with Gasteiger partial charge < -0.3 is 0 Å². The van der Waals surface area contributed by atoms with Crippen LogP contribution in [0.5, 0.6) is 0 Å². The summed E-state index contributed by atoms with van der Waals surface area (Å²) in [4.78, 5) is 0. The fraction of sp³-hybridized carbons (Fsp3) is 1.00. The van der Waals surface area contributed by atoms with Crippen LogP contribution in [-0.4, -0.2) is 23.0 Å². The minimum absolute atomic E-state index is 0.0149. The summed E-state index contributed by atoms with van der Waals surface area (Å²) in [7, 11) is -1.66. The lowest BCUT2D eigenvalue weighted by molar-refractivity contribution is 1.06. The topological polar surface area (TPSA) is 0 Å². The van der Waals surface area contributed by atoms with Crippen LogP contribution in [0.1, 0.15) is 13.8 Å². The van der Waals surface area contributed by atoms with Crippen molar-refractivity contribution in [1.29, 1.82) is 0 Å². The van der Waals surface area contributed by atoms with Crippen LogP contribution in [0.4, 0.5) is 0 Å². The van der Waals surface area contributed by atoms with Crippen molar-refractivity contribution in [2.45, 2.75) is 58.7 Å². The summed E-state index contributed by atoms with van der Waals surface area (Å²) >= 11 is 0. The zero-order chi connectivity index (χ0) is 10.2. The Morgan fingerprint density at radius 3 is 1.00 bits per heavy atom. The van der Waals surface area contributed by atoms with E-state index in [4.69, 9.17) is 0 Å². The molecule has 3 heteroatoms. The molecule has 0 aliphatic carbocycles. The van der Waals surface area contributed by atoms with Gasteiger partial charge >= 0.3 is 0 Å². The highest BCUT2D eigenvalue weighted by atomic mass is 29.6. The Balaban J connectivity index is 4.70. The van der Waals surface area contributed by atoms with Crippen molar-refractivity contribution in [2.24, 2.45) is 0 Å². The van der Waals surface area contributed by atoms with Gasteiger partial charge in [0, 0.05) is 23.0 Å². The van der Waals surface area contributed by atoms with E-state index in [1.807, 2.05) is 0 Å². The highest BCUT2D eigenvalue weighted by Gasteiger charge is 2.40. The third kappa shape index (κ3) is 3.58. The second kappa shape index (κ2) is 3.80. The third-order valence-corrected chi connectivity index (χ3v) is 33.2. The van der Waals surface area contributed by atoms with Gasteiger partial charge in [0.25, 0.3) is 0 Å². The van der Waals surface area contributed by atoms with Crippen LogP contribution in [0.3, 0.4) is 0 Å². The molecule has 0 aliphatic heterocycles. The first-order valence-electron chi connectivity index (χ1n) is 4.94. The summed E-state index contributed by atoms with van der Waals surface area (Å²) in [5.74, 6) is 0. The van der Waals surface area contributed by atoms with E-state index in [-0.39, 0.29) is 7.83 Å². The second-order valence-electron chi connectivity index (χ2n) is 6.07. The van der Waals surface area contributed by atoms with Gasteiger partial charge in [-0.3, -0.25) is 0 Å². The normalized spacial score (nSPS) is 14.5. The van der Waals surface area contributed by atoms with E-state index in [1.54, 1.807) is 0 Å². The van der Waals surface area contributed by atoms with Gasteiger partial charge in [-0.2, -0.15) is 0 Å². The molecule has 0 amide bonds. The van der Waals surface area contributed by atoms with E-state index in [9.17, 15) is 0 Å². The van der Waals surface area contributed by atoms with Crippen molar-refractivity contribution >= 4 is 23.0 Å². The Bertz CT molecular complexity index is 125. The maximum Gasteiger partial charge on any atom is 0.0363 e. The van der Waals surface area contributed by atoms with Crippen LogP contribution in [0.15, 0.2) is 0 Å². The molecule has 1 radical (unpaired) electrons. The van der Waals surface area contributed by atoms with Gasteiger partial charge in [-0.25, -0.2) is 0 Å². The Morgan fingerprint density at radius 2 is 1.00 bits per heavy atom. The quantitative estimate of drug-likeness (QED) is 0.632. The van der Waals surface area contributed by atoms with Crippen molar-refractivity contribution in [2.75, 3.05) is 0 Å². The summed E-state index contributed by atoms with van der Waals surface area (Å²) in [6, 6.07) is 0. The SMILES string of the molecule is CC(C)[Si]([Si](C)(C)C)[Si](C)(C)C. The fourth-order valence-corrected chi connectivity index (χ4v) is 46.0. The van der Waals surface area contributed by atoms with Crippen LogP contribution < -0.4 is 0 Å². The lowest BCUT2D eigenvalue weighted by atomic mass is 10.6. The minimum Gasteiger partial charge on any atom is -0.0719 e. The van der Waals surface area contributed by atoms with E-state index < -0.39 is 15.2 Å². The first kappa shape index (κ1) is 12.7. The minimum atomic E-state index is -0.822. The monoisotopic (exact) mass is 217 g/mol. The first-order valence-corrected chi connectivity index (χ1v) is 15.5. The number of hydrogen-bond acceptors (Lipinski definition) is 0. The average Bonchev–Trinajstić information content (AvgIpc) is 1.49. The van der Waals surface area contributed by atoms with Crippen molar-refractivity contribution in [3.05, 3.63) is 0 Å². The van der Waals surface area contributed by atoms with Gasteiger partial charge in [0.1, 0.15) is 0 Å². The van der Waals surface area contributed by atoms with Crippen molar-refractivity contribution in [3.63, 3.8) is 0 Å². The lowest BCUT2D eigenvalue weighted by Gasteiger charge is -2.39. The molecule has 0 aliphatic rings. The Labute approximate surface area is 82.0 Å². The molecule has 0 atom stereocenters. The molecule has 12 heavy (non-hydrogen) atoms. The van der Waals surface area contributed by atoms with E-state index in [2.05, 4.69) is 53.1 Å². The van der Waals surface area contributed by atoms with Crippen LogP contribution >= 0.6 is 0 Å². The van der Waals surface area contributed by atoms with E-state index in [1.165, 1.54) is 0 Å². The maximum atomic E-state index is 2.57. The predicted molar refractivity (Wildman–Crippen MR) is 67.5 cm³/mol. The standard InChI is InChI=1S/C9H25Si3/c1-9(2)10(11(3,4)5)12(6,7)8/h9H,1-8H3. The third-order valence-electron chi connectivity index (χ3n) is 2.19. The highest BCUT2D eigenvalue weighted by Crippen LogP contribution is 2.26. The molecule has 0 heterocycles. The van der Waals surface area contributed by atoms with E-state index in [0.29, 0.717) is 0 Å². The Morgan fingerprint density at radius 1 is 0.750 bits per heavy atom. The van der Waals surface area contributed by atoms with Crippen LogP contribution in [0, 0.1) is 0 Å². The molecule has 0 saturated heterocycles. The predicted octanol–water partition coefficient (Wildman–Crippen LogP) is 3.72. The van der Waals surface area contributed by atoms with Gasteiger partial charge in [0.15, 0.2) is 0 Å². The van der Waals surface area contributed by atoms with Crippen molar-refractivity contribution < 1.29 is 0 Å². The van der Waals surface area contributed by atoms with Crippen LogP contribution in [0.2, 0.25) is 44.8 Å². The van der Waals surface area contributed by atoms with Gasteiger partial charge in [0.05, 0.1) is 0 Å². The van der Waals surface area contributed by atoms with Gasteiger partial charge in [-0.15, -0.1) is 0 Å². The lowest BCUT2D eigenvalue weighted by Crippen LogP contribution is -2.60. The molecule has 73 valence electrons. The van der Waals surface area contributed by atoms with Crippen molar-refractivity contribution in [1.82, 2.24) is 0 Å². The second-order valence-corrected chi connectivity index (χ2v) is 30.8. The highest BCUT2D eigenvalue weighted by molar-refractivity contribution is 7.60. The zero-order valence-electron chi connectivity index (χ0n) is 10.1. The summed E-state index contributed by atoms with van der Waals surface area (Å²) in [5, 5.41) is 0. The molecule has 0 spiro atoms. The summed E-state index contributed by atoms with van der Waals surface area (Å²) < 4.78 is 0. The van der Waals surface area contributed by atoms with Gasteiger partial charge in [0.2, 0.25) is 0 Å². The molecule has 0 fully saturated rings. The van der Waals surface area contributed by atoms with Gasteiger partial charge in [-0.1, -0.05) is 58.7 Å². The average molecular weight is 218 g/mol. The molecule has 0 aromatic rings. The number of rotatable bonds is 3. The van der Waals surface area contributed by atoms with Crippen LogP contribution in [-0.2, 0) is 0 Å². The first-order chi connectivity index (χ1) is 5.07. The molecule has 0 aromatic carbocycles. The van der Waals surface area contributed by atoms with E-state index in [0.717, 1.165) is 5.54 Å². The summed E-state index contributed by atoms with van der Waals surface area (Å²) in [6.07, 6.45) is 0. The summed E-state index contributed by atoms with van der Waals surface area (Å²) in [5.41, 5.74) is 0.994. The molecular weight excluding hydrogens is 192 g/mol. The van der Waals surface area contributed by atoms with Crippen molar-refractivity contribution in [3.8, 4) is 0 Å².